The number of morpholine rings is 1. The van der Waals surface area contributed by atoms with Crippen LogP contribution in [0.5, 0.6) is 0 Å². The fourth-order valence-corrected chi connectivity index (χ4v) is 4.75. The molecule has 2 aliphatic heterocycles. The molecule has 0 radical (unpaired) electrons. The number of carboxylic acid groups (broad SMARTS) is 1. The molecule has 39 heavy (non-hydrogen) atoms. The van der Waals surface area contributed by atoms with Crippen molar-refractivity contribution in [2.75, 3.05) is 67.2 Å². The van der Waals surface area contributed by atoms with E-state index >= 15 is 0 Å². The topological polar surface area (TPSA) is 94.9 Å². The number of ether oxygens (including phenoxy) is 1. The lowest BCUT2D eigenvalue weighted by atomic mass is 10.1. The lowest BCUT2D eigenvalue weighted by Crippen LogP contribution is -2.48. The van der Waals surface area contributed by atoms with Crippen LogP contribution >= 0.6 is 0 Å². The summed E-state index contributed by atoms with van der Waals surface area (Å²) in [5, 5.41) is 8.95. The Labute approximate surface area is 223 Å². The van der Waals surface area contributed by atoms with Crippen LogP contribution in [0.25, 0.3) is 11.3 Å². The van der Waals surface area contributed by atoms with E-state index in [1.54, 1.807) is 4.90 Å². The summed E-state index contributed by atoms with van der Waals surface area (Å²) in [6.07, 6.45) is -2.58. The first-order valence-electron chi connectivity index (χ1n) is 12.8. The van der Waals surface area contributed by atoms with Crippen LogP contribution in [0.15, 0.2) is 48.7 Å². The monoisotopic (exact) mass is 542 g/mol. The third-order valence-electron chi connectivity index (χ3n) is 6.87. The van der Waals surface area contributed by atoms with Crippen molar-refractivity contribution < 1.29 is 27.8 Å². The van der Waals surface area contributed by atoms with Gasteiger partial charge in [0, 0.05) is 63.5 Å². The molecule has 0 amide bonds. The number of carboxylic acids is 1. The number of hydrogen-bond acceptors (Lipinski definition) is 8. The average molecular weight is 543 g/mol. The van der Waals surface area contributed by atoms with Gasteiger partial charge in [0.05, 0.1) is 24.5 Å². The molecule has 5 rings (SSSR count). The van der Waals surface area contributed by atoms with Gasteiger partial charge in [0.1, 0.15) is 11.6 Å². The highest BCUT2D eigenvalue weighted by Crippen LogP contribution is 2.36. The molecule has 0 atom stereocenters. The molecule has 2 saturated heterocycles. The van der Waals surface area contributed by atoms with E-state index < -0.39 is 17.7 Å². The van der Waals surface area contributed by atoms with Gasteiger partial charge in [-0.3, -0.25) is 4.79 Å². The Kier molecular flexibility index (Phi) is 7.82. The van der Waals surface area contributed by atoms with Crippen molar-refractivity contribution in [2.24, 2.45) is 0 Å². The van der Waals surface area contributed by atoms with Crippen LogP contribution < -0.4 is 14.7 Å². The van der Waals surface area contributed by atoms with Crippen LogP contribution in [0.2, 0.25) is 0 Å². The van der Waals surface area contributed by atoms with E-state index in [0.29, 0.717) is 70.7 Å². The molecule has 1 aromatic carbocycles. The van der Waals surface area contributed by atoms with Crippen molar-refractivity contribution in [2.45, 2.75) is 19.0 Å². The minimum Gasteiger partial charge on any atom is -0.481 e. The van der Waals surface area contributed by atoms with Gasteiger partial charge < -0.3 is 24.5 Å². The van der Waals surface area contributed by atoms with Crippen LogP contribution in [-0.2, 0) is 22.1 Å². The predicted molar refractivity (Wildman–Crippen MR) is 140 cm³/mol. The van der Waals surface area contributed by atoms with E-state index in [1.165, 1.54) is 12.3 Å². The number of carbonyl (C=O) groups is 1. The number of piperazine rings is 1. The van der Waals surface area contributed by atoms with Crippen LogP contribution in [0.3, 0.4) is 0 Å². The van der Waals surface area contributed by atoms with Gasteiger partial charge in [-0.15, -0.1) is 0 Å². The molecule has 2 aromatic heterocycles. The maximum atomic E-state index is 13.5. The third-order valence-corrected chi connectivity index (χ3v) is 6.87. The normalized spacial score (nSPS) is 16.4. The zero-order chi connectivity index (χ0) is 27.4. The van der Waals surface area contributed by atoms with Crippen LogP contribution in [0, 0.1) is 0 Å². The fraction of sp³-hybridized carbons (Fsp3) is 0.407. The van der Waals surface area contributed by atoms with Gasteiger partial charge in [-0.25, -0.2) is 9.97 Å². The highest BCUT2D eigenvalue weighted by molar-refractivity contribution is 5.68. The third kappa shape index (κ3) is 6.39. The minimum absolute atomic E-state index is 0.0509. The van der Waals surface area contributed by atoms with Crippen LogP contribution in [0.1, 0.15) is 17.5 Å². The second-order valence-electron chi connectivity index (χ2n) is 9.45. The summed E-state index contributed by atoms with van der Waals surface area (Å²) in [7, 11) is 0. The second kappa shape index (κ2) is 11.4. The van der Waals surface area contributed by atoms with Crippen molar-refractivity contribution in [3.05, 3.63) is 59.8 Å². The molecule has 0 spiro atoms. The smallest absolute Gasteiger partial charge is 0.419 e. The molecular weight excluding hydrogens is 513 g/mol. The number of aryl methyl sites for hydroxylation is 1. The largest absolute Gasteiger partial charge is 0.481 e. The van der Waals surface area contributed by atoms with E-state index in [2.05, 4.69) is 14.8 Å². The number of halogens is 3. The van der Waals surface area contributed by atoms with Crippen LogP contribution in [0.4, 0.5) is 30.8 Å². The minimum atomic E-state index is -4.47. The molecule has 9 nitrogen and oxygen atoms in total. The van der Waals surface area contributed by atoms with E-state index in [-0.39, 0.29) is 12.2 Å². The first-order chi connectivity index (χ1) is 18.8. The Morgan fingerprint density at radius 1 is 0.923 bits per heavy atom. The Balaban J connectivity index is 1.39. The first kappa shape index (κ1) is 26.7. The van der Waals surface area contributed by atoms with Gasteiger partial charge in [-0.05, 0) is 24.1 Å². The van der Waals surface area contributed by atoms with Crippen molar-refractivity contribution in [1.29, 1.82) is 0 Å². The number of anilines is 3. The van der Waals surface area contributed by atoms with Gasteiger partial charge in [0.15, 0.2) is 0 Å². The van der Waals surface area contributed by atoms with Gasteiger partial charge in [-0.1, -0.05) is 24.3 Å². The van der Waals surface area contributed by atoms with Crippen LogP contribution in [-0.4, -0.2) is 78.5 Å². The average Bonchev–Trinajstić information content (AvgIpc) is 2.96. The first-order valence-corrected chi connectivity index (χ1v) is 12.8. The van der Waals surface area contributed by atoms with Gasteiger partial charge in [-0.2, -0.15) is 18.2 Å². The Hall–Kier alpha value is -3.93. The zero-order valence-corrected chi connectivity index (χ0v) is 21.3. The SMILES string of the molecule is O=C(O)CCc1ccc(-c2cc(N3CCN(c4ncccc4C(F)(F)F)CC3)nc(N3CCOCC3)n2)cc1. The Morgan fingerprint density at radius 2 is 1.62 bits per heavy atom. The highest BCUT2D eigenvalue weighted by atomic mass is 19.4. The van der Waals surface area contributed by atoms with Crippen molar-refractivity contribution >= 4 is 23.6 Å². The molecule has 1 N–H and O–H groups in total. The number of alkyl halides is 3. The molecule has 4 heterocycles. The Bertz CT molecular complexity index is 1290. The molecule has 0 unspecified atom stereocenters. The fourth-order valence-electron chi connectivity index (χ4n) is 4.75. The standard InChI is InChI=1S/C27H29F3N6O3/c28-27(29,30)21-2-1-9-31-25(21)35-12-10-34(11-13-35)23-18-22(32-26(33-23)36-14-16-39-17-15-36)20-6-3-19(4-7-20)5-8-24(37)38/h1-4,6-7,9,18H,5,8,10-17H2,(H,37,38). The van der Waals surface area contributed by atoms with Crippen molar-refractivity contribution in [3.8, 4) is 11.3 Å². The predicted octanol–water partition coefficient (Wildman–Crippen LogP) is 3.74. The molecule has 3 aromatic rings. The summed E-state index contributed by atoms with van der Waals surface area (Å²) >= 11 is 0. The summed E-state index contributed by atoms with van der Waals surface area (Å²) in [5.74, 6) is 0.387. The molecular formula is C27H29F3N6O3. The molecule has 0 aliphatic carbocycles. The number of rotatable bonds is 7. The zero-order valence-electron chi connectivity index (χ0n) is 21.3. The van der Waals surface area contributed by atoms with E-state index in [9.17, 15) is 18.0 Å². The molecule has 2 fully saturated rings. The lowest BCUT2D eigenvalue weighted by molar-refractivity contribution is -0.138. The summed E-state index contributed by atoms with van der Waals surface area (Å²) < 4.78 is 46.1. The highest BCUT2D eigenvalue weighted by Gasteiger charge is 2.36. The van der Waals surface area contributed by atoms with Gasteiger partial charge in [0.25, 0.3) is 0 Å². The van der Waals surface area contributed by atoms with E-state index in [4.69, 9.17) is 19.8 Å². The molecule has 0 saturated carbocycles. The number of benzene rings is 1. The molecule has 12 heteroatoms. The number of hydrogen-bond donors (Lipinski definition) is 1. The maximum Gasteiger partial charge on any atom is 0.419 e. The van der Waals surface area contributed by atoms with Crippen molar-refractivity contribution in [1.82, 2.24) is 15.0 Å². The van der Waals surface area contributed by atoms with E-state index in [0.717, 1.165) is 22.9 Å². The molecule has 2 aliphatic rings. The summed E-state index contributed by atoms with van der Waals surface area (Å²) in [6, 6.07) is 11.9. The molecule has 0 bridgehead atoms. The number of aromatic nitrogens is 3. The van der Waals surface area contributed by atoms with E-state index in [1.807, 2.05) is 30.3 Å². The van der Waals surface area contributed by atoms with Crippen molar-refractivity contribution in [3.63, 3.8) is 0 Å². The lowest BCUT2D eigenvalue weighted by Gasteiger charge is -2.37. The number of nitrogens with zero attached hydrogens (tertiary/aromatic N) is 6. The second-order valence-corrected chi connectivity index (χ2v) is 9.45. The number of aliphatic carboxylic acids is 1. The summed E-state index contributed by atoms with van der Waals surface area (Å²) in [5.41, 5.74) is 1.78. The number of pyridine rings is 1. The maximum absolute atomic E-state index is 13.5. The summed E-state index contributed by atoms with van der Waals surface area (Å²) in [6.45, 7) is 4.14. The quantitative estimate of drug-likeness (QED) is 0.479. The Morgan fingerprint density at radius 3 is 2.28 bits per heavy atom. The molecule has 206 valence electrons. The summed E-state index contributed by atoms with van der Waals surface area (Å²) in [4.78, 5) is 30.4. The van der Waals surface area contributed by atoms with Gasteiger partial charge in [0.2, 0.25) is 5.95 Å². The van der Waals surface area contributed by atoms with Gasteiger partial charge >= 0.3 is 12.1 Å².